The zero-order valence-electron chi connectivity index (χ0n) is 7.67. The van der Waals surface area contributed by atoms with E-state index < -0.39 is 18.0 Å². The van der Waals surface area contributed by atoms with Crippen LogP contribution in [0.15, 0.2) is 0 Å². The van der Waals surface area contributed by atoms with Crippen molar-refractivity contribution in [1.29, 1.82) is 0 Å². The topological polar surface area (TPSA) is 132 Å². The van der Waals surface area contributed by atoms with Gasteiger partial charge in [-0.3, -0.25) is 0 Å². The van der Waals surface area contributed by atoms with Crippen LogP contribution in [-0.4, -0.2) is 22.3 Å². The number of carboxylic acid groups (broad SMARTS) is 2. The molecule has 1 unspecified atom stereocenters. The Bertz CT molecular complexity index is 223. The number of hydrogen-bond donors (Lipinski definition) is 2. The molecule has 0 aromatic heterocycles. The third kappa shape index (κ3) is 25.0. The molecule has 0 aliphatic heterocycles. The third-order valence-corrected chi connectivity index (χ3v) is 0.962. The van der Waals surface area contributed by atoms with Crippen molar-refractivity contribution in [3.05, 3.63) is 0 Å². The molecule has 0 heterocycles. The third-order valence-electron chi connectivity index (χ3n) is 0.962. The fourth-order valence-electron chi connectivity index (χ4n) is 0.391. The second-order valence-electron chi connectivity index (χ2n) is 2.16. The molecule has 6 nitrogen and oxygen atoms in total. The molecule has 0 aromatic rings. The van der Waals surface area contributed by atoms with Crippen LogP contribution in [0.3, 0.4) is 0 Å². The molecule has 0 aliphatic carbocycles. The molecule has 0 radical (unpaired) electrons. The molecule has 1 atom stereocenters. The average Bonchev–Trinajstić information content (AvgIpc) is 1.98. The van der Waals surface area contributed by atoms with Gasteiger partial charge >= 0.3 is 35.6 Å². The minimum absolute atomic E-state index is 0. The second-order valence-corrected chi connectivity index (χ2v) is 3.29. The maximum absolute atomic E-state index is 9.86. The van der Waals surface area contributed by atoms with E-state index in [4.69, 9.17) is 5.73 Å². The van der Waals surface area contributed by atoms with Gasteiger partial charge in [-0.1, -0.05) is 4.32 Å². The van der Waals surface area contributed by atoms with Gasteiger partial charge in [0.15, 0.2) is 0 Å². The zero-order valence-corrected chi connectivity index (χ0v) is 12.9. The Morgan fingerprint density at radius 2 is 1.73 bits per heavy atom. The van der Waals surface area contributed by atoms with Crippen LogP contribution >= 0.6 is 12.2 Å². The second kappa shape index (κ2) is 12.3. The van der Waals surface area contributed by atoms with Gasteiger partial charge < -0.3 is 56.1 Å². The van der Waals surface area contributed by atoms with Crippen molar-refractivity contribution in [2.75, 3.05) is 0 Å². The fraction of sp³-hybridized carbons (Fsp3) is 0.500. The number of nitrogens with two attached hydrogens (primary N) is 2. The molecule has 0 saturated carbocycles. The predicted molar refractivity (Wildman–Crippen MR) is 51.4 cm³/mol. The maximum atomic E-state index is 9.86. The van der Waals surface area contributed by atoms with Gasteiger partial charge in [0.05, 0.1) is 5.97 Å². The zero-order chi connectivity index (χ0) is 11.7. The molecular formula is C6H9LaN2O4S2. The molecule has 0 rings (SSSR count). The van der Waals surface area contributed by atoms with Crippen molar-refractivity contribution in [3.8, 4) is 0 Å². The van der Waals surface area contributed by atoms with Crippen LogP contribution in [0.2, 0.25) is 0 Å². The van der Waals surface area contributed by atoms with Gasteiger partial charge in [-0.25, -0.2) is 0 Å². The van der Waals surface area contributed by atoms with Gasteiger partial charge in [0, 0.05) is 12.0 Å². The largest absolute Gasteiger partial charge is 3.00 e. The van der Waals surface area contributed by atoms with Crippen LogP contribution in [0.25, 0.3) is 0 Å². The number of carbonyl (C=O) groups is 2. The molecule has 0 aromatic carbocycles. The summed E-state index contributed by atoms with van der Waals surface area (Å²) >= 11 is 8.26. The summed E-state index contributed by atoms with van der Waals surface area (Å²) in [5.74, 6) is -2.75. The number of carbonyl (C=O) groups excluding carboxylic acids is 2. The first kappa shape index (κ1) is 20.6. The SMILES string of the molecule is NC(=S)[S-].NC(CCC(=O)[O-])C(=O)[O-].[La+3]. The van der Waals surface area contributed by atoms with Crippen LogP contribution in [0, 0.1) is 35.6 Å². The van der Waals surface area contributed by atoms with Gasteiger partial charge in [-0.2, -0.15) is 0 Å². The smallest absolute Gasteiger partial charge is 0.550 e. The summed E-state index contributed by atoms with van der Waals surface area (Å²) in [4.78, 5) is 19.6. The summed E-state index contributed by atoms with van der Waals surface area (Å²) in [6.45, 7) is 0. The number of hydrogen-bond acceptors (Lipinski definition) is 7. The van der Waals surface area contributed by atoms with Gasteiger partial charge in [0.25, 0.3) is 0 Å². The van der Waals surface area contributed by atoms with E-state index in [2.05, 4.69) is 30.6 Å². The summed E-state index contributed by atoms with van der Waals surface area (Å²) in [7, 11) is 0. The monoisotopic (exact) mass is 376 g/mol. The van der Waals surface area contributed by atoms with Gasteiger partial charge in [0.2, 0.25) is 0 Å². The molecule has 4 N–H and O–H groups in total. The first-order chi connectivity index (χ1) is 6.27. The summed E-state index contributed by atoms with van der Waals surface area (Å²) < 4.78 is 0.0833. The van der Waals surface area contributed by atoms with Crippen LogP contribution < -0.4 is 21.7 Å². The minimum Gasteiger partial charge on any atom is -0.550 e. The Labute approximate surface area is 126 Å². The van der Waals surface area contributed by atoms with Crippen LogP contribution in [0.5, 0.6) is 0 Å². The minimum atomic E-state index is -1.44. The molecule has 0 bridgehead atoms. The Morgan fingerprint density at radius 3 is 1.93 bits per heavy atom. The van der Waals surface area contributed by atoms with Crippen molar-refractivity contribution in [2.45, 2.75) is 18.9 Å². The number of aliphatic carboxylic acids is 2. The van der Waals surface area contributed by atoms with Crippen molar-refractivity contribution < 1.29 is 55.4 Å². The summed E-state index contributed by atoms with van der Waals surface area (Å²) in [5.41, 5.74) is 9.57. The summed E-state index contributed by atoms with van der Waals surface area (Å²) in [6, 6.07) is -1.21. The van der Waals surface area contributed by atoms with E-state index in [1.807, 2.05) is 0 Å². The molecule has 82 valence electrons. The first-order valence-electron chi connectivity index (χ1n) is 3.40. The van der Waals surface area contributed by atoms with E-state index in [1.165, 1.54) is 0 Å². The Kier molecular flexibility index (Phi) is 16.9. The van der Waals surface area contributed by atoms with E-state index >= 15 is 0 Å². The summed E-state index contributed by atoms with van der Waals surface area (Å²) in [6.07, 6.45) is -0.500. The maximum Gasteiger partial charge on any atom is 3.00 e. The molecule has 9 heteroatoms. The van der Waals surface area contributed by atoms with Crippen LogP contribution in [0.1, 0.15) is 12.8 Å². The number of thiocarbonyl (C=S) groups is 1. The van der Waals surface area contributed by atoms with Crippen molar-refractivity contribution in [3.63, 3.8) is 0 Å². The molecular weight excluding hydrogens is 367 g/mol. The summed E-state index contributed by atoms with van der Waals surface area (Å²) in [5, 5.41) is 19.6. The van der Waals surface area contributed by atoms with Gasteiger partial charge in [0.1, 0.15) is 0 Å². The van der Waals surface area contributed by atoms with Crippen molar-refractivity contribution in [1.82, 2.24) is 0 Å². The average molecular weight is 376 g/mol. The van der Waals surface area contributed by atoms with Crippen molar-refractivity contribution >= 4 is 41.1 Å². The van der Waals surface area contributed by atoms with Crippen LogP contribution in [0.4, 0.5) is 0 Å². The predicted octanol–water partition coefficient (Wildman–Crippen LogP) is -3.63. The Morgan fingerprint density at radius 1 is 1.40 bits per heavy atom. The standard InChI is InChI=1S/C5H9NO4.CH3NS2.La/c6-3(5(9)10)1-2-4(7)8;2-1(3)4;/h3H,1-2,6H2,(H,7,8)(H,9,10);(H3,2,3,4);/q;;+3/p-3. The molecule has 0 saturated heterocycles. The fourth-order valence-corrected chi connectivity index (χ4v) is 0.391. The van der Waals surface area contributed by atoms with Crippen LogP contribution in [-0.2, 0) is 22.2 Å². The van der Waals surface area contributed by atoms with E-state index in [-0.39, 0.29) is 52.8 Å². The van der Waals surface area contributed by atoms with E-state index in [1.54, 1.807) is 0 Å². The van der Waals surface area contributed by atoms with Gasteiger partial charge in [-0.15, -0.1) is 0 Å². The van der Waals surface area contributed by atoms with E-state index in [9.17, 15) is 19.8 Å². The Hall–Kier alpha value is 0.205. The first-order valence-corrected chi connectivity index (χ1v) is 4.21. The quantitative estimate of drug-likeness (QED) is 0.380. The molecule has 0 aliphatic rings. The van der Waals surface area contributed by atoms with Crippen molar-refractivity contribution in [2.24, 2.45) is 11.5 Å². The van der Waals surface area contributed by atoms with Gasteiger partial charge in [-0.05, 0) is 12.8 Å². The number of carboxylic acids is 2. The van der Waals surface area contributed by atoms with E-state index in [0.29, 0.717) is 0 Å². The Balaban J connectivity index is -0.000000249. The molecule has 15 heavy (non-hydrogen) atoms. The molecule has 0 fully saturated rings. The van der Waals surface area contributed by atoms with E-state index in [0.717, 1.165) is 0 Å². The normalized spacial score (nSPS) is 9.93. The molecule has 0 spiro atoms. The number of rotatable bonds is 4. The molecule has 0 amide bonds.